The van der Waals surface area contributed by atoms with E-state index < -0.39 is 5.82 Å². The van der Waals surface area contributed by atoms with Crippen LogP contribution in [0.15, 0.2) is 18.3 Å². The number of carbonyl (C=O) groups excluding carboxylic acids is 1. The molecule has 6 heteroatoms. The Hall–Kier alpha value is -2.01. The Bertz CT molecular complexity index is 614. The molecule has 0 aliphatic heterocycles. The summed E-state index contributed by atoms with van der Waals surface area (Å²) >= 11 is 5.71. The van der Waals surface area contributed by atoms with Crippen molar-refractivity contribution in [3.63, 3.8) is 0 Å². The van der Waals surface area contributed by atoms with E-state index >= 15 is 0 Å². The summed E-state index contributed by atoms with van der Waals surface area (Å²) in [6, 6.07) is 3.36. The average molecular weight is 266 g/mol. The van der Waals surface area contributed by atoms with Crippen LogP contribution in [-0.4, -0.2) is 16.3 Å². The number of aryl methyl sites for hydroxylation is 1. The van der Waals surface area contributed by atoms with Crippen molar-refractivity contribution in [3.8, 4) is 11.3 Å². The Morgan fingerprint density at radius 1 is 1.44 bits per heavy atom. The zero-order valence-electron chi connectivity index (χ0n) is 9.45. The van der Waals surface area contributed by atoms with Gasteiger partial charge in [-0.3, -0.25) is 9.78 Å². The van der Waals surface area contributed by atoms with Gasteiger partial charge in [-0.05, 0) is 19.1 Å². The second kappa shape index (κ2) is 4.70. The van der Waals surface area contributed by atoms with Crippen molar-refractivity contribution in [2.75, 3.05) is 5.73 Å². The molecular formula is C12H9ClFN3O. The summed E-state index contributed by atoms with van der Waals surface area (Å²) < 4.78 is 13.9. The van der Waals surface area contributed by atoms with Crippen LogP contribution in [0.4, 0.5) is 10.1 Å². The number of anilines is 1. The molecule has 0 aromatic carbocycles. The fraction of sp³-hybridized carbons (Fsp3) is 0.0833. The number of hydrogen-bond acceptors (Lipinski definition) is 4. The van der Waals surface area contributed by atoms with Crippen LogP contribution in [0, 0.1) is 12.7 Å². The van der Waals surface area contributed by atoms with Crippen molar-refractivity contribution in [2.24, 2.45) is 0 Å². The van der Waals surface area contributed by atoms with Crippen LogP contribution in [0.3, 0.4) is 0 Å². The van der Waals surface area contributed by atoms with Gasteiger partial charge in [-0.25, -0.2) is 9.37 Å². The number of aromatic nitrogens is 2. The van der Waals surface area contributed by atoms with E-state index in [1.807, 2.05) is 0 Å². The smallest absolute Gasteiger partial charge is 0.173 e. The predicted molar refractivity (Wildman–Crippen MR) is 67.0 cm³/mol. The third-order valence-corrected chi connectivity index (χ3v) is 2.83. The summed E-state index contributed by atoms with van der Waals surface area (Å²) in [6.45, 7) is 1.81. The third kappa shape index (κ3) is 2.04. The molecule has 0 amide bonds. The summed E-state index contributed by atoms with van der Waals surface area (Å²) in [5.41, 5.74) is 6.31. The number of nitrogen functional groups attached to an aromatic ring is 1. The first-order valence-corrected chi connectivity index (χ1v) is 5.45. The van der Waals surface area contributed by atoms with Crippen molar-refractivity contribution in [1.82, 2.24) is 9.97 Å². The van der Waals surface area contributed by atoms with Gasteiger partial charge in [0, 0.05) is 17.5 Å². The van der Waals surface area contributed by atoms with Crippen molar-refractivity contribution in [1.29, 1.82) is 0 Å². The van der Waals surface area contributed by atoms with E-state index in [-0.39, 0.29) is 22.1 Å². The molecule has 4 nitrogen and oxygen atoms in total. The van der Waals surface area contributed by atoms with Crippen LogP contribution < -0.4 is 5.73 Å². The molecule has 2 heterocycles. The Morgan fingerprint density at radius 2 is 2.17 bits per heavy atom. The summed E-state index contributed by atoms with van der Waals surface area (Å²) in [6.07, 6.45) is 1.89. The maximum atomic E-state index is 13.9. The number of nitrogens with zero attached hydrogens (tertiary/aromatic N) is 2. The largest absolute Gasteiger partial charge is 0.395 e. The molecule has 0 unspecified atom stereocenters. The molecule has 2 N–H and O–H groups in total. The zero-order valence-corrected chi connectivity index (χ0v) is 10.2. The Balaban J connectivity index is 2.67. The highest BCUT2D eigenvalue weighted by Crippen LogP contribution is 2.30. The molecular weight excluding hydrogens is 257 g/mol. The average Bonchev–Trinajstić information content (AvgIpc) is 2.38. The Labute approximate surface area is 108 Å². The van der Waals surface area contributed by atoms with Crippen LogP contribution in [0.1, 0.15) is 16.2 Å². The monoisotopic (exact) mass is 265 g/mol. The van der Waals surface area contributed by atoms with E-state index in [1.54, 1.807) is 19.1 Å². The maximum Gasteiger partial charge on any atom is 0.173 e. The van der Waals surface area contributed by atoms with E-state index in [1.165, 1.54) is 6.20 Å². The fourth-order valence-corrected chi connectivity index (χ4v) is 1.63. The number of pyridine rings is 2. The topological polar surface area (TPSA) is 68.9 Å². The molecule has 0 radical (unpaired) electrons. The van der Waals surface area contributed by atoms with Crippen LogP contribution in [-0.2, 0) is 0 Å². The number of hydrogen-bond donors (Lipinski definition) is 1. The number of halogens is 2. The molecule has 0 bridgehead atoms. The van der Waals surface area contributed by atoms with Crippen molar-refractivity contribution < 1.29 is 9.18 Å². The highest BCUT2D eigenvalue weighted by molar-refractivity contribution is 6.35. The molecule has 92 valence electrons. The molecule has 18 heavy (non-hydrogen) atoms. The molecule has 0 aliphatic rings. The van der Waals surface area contributed by atoms with Gasteiger partial charge in [-0.1, -0.05) is 11.6 Å². The molecule has 0 saturated heterocycles. The van der Waals surface area contributed by atoms with E-state index in [0.717, 1.165) is 5.69 Å². The van der Waals surface area contributed by atoms with Gasteiger partial charge in [-0.2, -0.15) is 0 Å². The summed E-state index contributed by atoms with van der Waals surface area (Å²) in [5, 5.41) is -0.175. The molecule has 2 aromatic rings. The highest BCUT2D eigenvalue weighted by Gasteiger charge is 2.17. The third-order valence-electron chi connectivity index (χ3n) is 2.43. The van der Waals surface area contributed by atoms with Crippen LogP contribution in [0.25, 0.3) is 11.3 Å². The predicted octanol–water partition coefficient (Wildman–Crippen LogP) is 2.64. The van der Waals surface area contributed by atoms with E-state index in [2.05, 4.69) is 9.97 Å². The van der Waals surface area contributed by atoms with Gasteiger partial charge in [-0.15, -0.1) is 0 Å². The lowest BCUT2D eigenvalue weighted by Gasteiger charge is -2.08. The molecule has 2 aromatic heterocycles. The van der Waals surface area contributed by atoms with Crippen molar-refractivity contribution in [3.05, 3.63) is 40.6 Å². The normalized spacial score (nSPS) is 10.4. The first-order chi connectivity index (χ1) is 8.54. The zero-order chi connectivity index (χ0) is 13.3. The minimum absolute atomic E-state index is 0.0356. The minimum atomic E-state index is -0.753. The van der Waals surface area contributed by atoms with Gasteiger partial charge in [0.15, 0.2) is 12.1 Å². The van der Waals surface area contributed by atoms with E-state index in [0.29, 0.717) is 11.8 Å². The Kier molecular flexibility index (Phi) is 3.25. The molecule has 0 saturated carbocycles. The van der Waals surface area contributed by atoms with Gasteiger partial charge in [0.1, 0.15) is 11.4 Å². The number of carbonyl (C=O) groups is 1. The number of aldehydes is 1. The van der Waals surface area contributed by atoms with E-state index in [9.17, 15) is 9.18 Å². The maximum absolute atomic E-state index is 13.9. The van der Waals surface area contributed by atoms with E-state index in [4.69, 9.17) is 17.3 Å². The number of nitrogens with two attached hydrogens (primary N) is 1. The minimum Gasteiger partial charge on any atom is -0.395 e. The summed E-state index contributed by atoms with van der Waals surface area (Å²) in [4.78, 5) is 18.7. The van der Waals surface area contributed by atoms with Crippen molar-refractivity contribution in [2.45, 2.75) is 6.92 Å². The first-order valence-electron chi connectivity index (χ1n) is 5.07. The second-order valence-electron chi connectivity index (χ2n) is 3.69. The molecule has 0 fully saturated rings. The molecule has 2 rings (SSSR count). The van der Waals surface area contributed by atoms with Crippen LogP contribution in [0.5, 0.6) is 0 Å². The molecule has 0 spiro atoms. The van der Waals surface area contributed by atoms with Gasteiger partial charge < -0.3 is 5.73 Å². The quantitative estimate of drug-likeness (QED) is 0.848. The van der Waals surface area contributed by atoms with Gasteiger partial charge in [0.25, 0.3) is 0 Å². The summed E-state index contributed by atoms with van der Waals surface area (Å²) in [5.74, 6) is -0.753. The summed E-state index contributed by atoms with van der Waals surface area (Å²) in [7, 11) is 0. The van der Waals surface area contributed by atoms with Gasteiger partial charge in [0.2, 0.25) is 0 Å². The van der Waals surface area contributed by atoms with Crippen LogP contribution in [0.2, 0.25) is 5.02 Å². The van der Waals surface area contributed by atoms with Gasteiger partial charge in [0.05, 0.1) is 10.7 Å². The first kappa shape index (κ1) is 12.4. The second-order valence-corrected chi connectivity index (χ2v) is 4.07. The van der Waals surface area contributed by atoms with Crippen molar-refractivity contribution >= 4 is 23.6 Å². The lowest BCUT2D eigenvalue weighted by Crippen LogP contribution is -2.03. The van der Waals surface area contributed by atoms with Gasteiger partial charge >= 0.3 is 0 Å². The highest BCUT2D eigenvalue weighted by atomic mass is 35.5. The lowest BCUT2D eigenvalue weighted by atomic mass is 10.1. The lowest BCUT2D eigenvalue weighted by molar-refractivity contribution is 0.111. The standard InChI is InChI=1S/C12H9ClFN3O/c1-6-2-3-7(4-16-6)12-10(14)11(15)9(13)8(5-18)17-12/h2-5H,1H3,(H2,15,17). The molecule has 0 aliphatic carbocycles. The fourth-order valence-electron chi connectivity index (χ4n) is 1.46. The van der Waals surface area contributed by atoms with Crippen LogP contribution >= 0.6 is 11.6 Å². The SMILES string of the molecule is Cc1ccc(-c2nc(C=O)c(Cl)c(N)c2F)cn1. The number of rotatable bonds is 2. The molecule has 0 atom stereocenters. The Morgan fingerprint density at radius 3 is 2.72 bits per heavy atom.